The first-order chi connectivity index (χ1) is 9.17. The van der Waals surface area contributed by atoms with Crippen LogP contribution in [0.5, 0.6) is 5.75 Å². The lowest BCUT2D eigenvalue weighted by atomic mass is 10.1. The summed E-state index contributed by atoms with van der Waals surface area (Å²) in [7, 11) is 0. The maximum Gasteiger partial charge on any atom is 0.174 e. The Morgan fingerprint density at radius 3 is 2.58 bits per heavy atom. The zero-order valence-corrected chi connectivity index (χ0v) is 12.7. The normalized spacial score (nSPS) is 13.6. The molecule has 1 N–H and O–H groups in total. The van der Waals surface area contributed by atoms with Crippen LogP contribution in [0.25, 0.3) is 0 Å². The number of rotatable bonds is 8. The van der Waals surface area contributed by atoms with E-state index in [4.69, 9.17) is 10.00 Å². The highest BCUT2D eigenvalue weighted by Crippen LogP contribution is 2.18. The summed E-state index contributed by atoms with van der Waals surface area (Å²) >= 11 is 1.88. The van der Waals surface area contributed by atoms with Crippen molar-refractivity contribution in [3.05, 3.63) is 29.8 Å². The second-order valence-electron chi connectivity index (χ2n) is 4.59. The molecule has 2 atom stereocenters. The highest BCUT2D eigenvalue weighted by molar-refractivity contribution is 7.98. The van der Waals surface area contributed by atoms with Gasteiger partial charge in [-0.05, 0) is 50.0 Å². The molecule has 0 aliphatic carbocycles. The van der Waals surface area contributed by atoms with E-state index < -0.39 is 0 Å². The Labute approximate surface area is 120 Å². The predicted octanol–water partition coefficient (Wildman–Crippen LogP) is 3.38. The molecule has 0 amide bonds. The molecule has 0 aliphatic heterocycles. The van der Waals surface area contributed by atoms with E-state index >= 15 is 0 Å². The van der Waals surface area contributed by atoms with Gasteiger partial charge in [-0.1, -0.05) is 12.1 Å². The van der Waals surface area contributed by atoms with Gasteiger partial charge in [0, 0.05) is 12.1 Å². The molecule has 0 saturated carbocycles. The van der Waals surface area contributed by atoms with Gasteiger partial charge in [-0.15, -0.1) is 0 Å². The fourth-order valence-electron chi connectivity index (χ4n) is 1.87. The van der Waals surface area contributed by atoms with E-state index in [1.54, 1.807) is 0 Å². The molecule has 0 aliphatic rings. The molecule has 0 saturated heterocycles. The number of benzene rings is 1. The molecule has 2 unspecified atom stereocenters. The summed E-state index contributed by atoms with van der Waals surface area (Å²) in [4.78, 5) is 0. The zero-order chi connectivity index (χ0) is 14.1. The van der Waals surface area contributed by atoms with E-state index in [9.17, 15) is 0 Å². The van der Waals surface area contributed by atoms with E-state index in [0.29, 0.717) is 12.1 Å². The number of nitrogens with zero attached hydrogens (tertiary/aromatic N) is 1. The molecule has 0 aromatic heterocycles. The summed E-state index contributed by atoms with van der Waals surface area (Å²) < 4.78 is 5.24. The van der Waals surface area contributed by atoms with E-state index in [2.05, 4.69) is 25.4 Å². The molecule has 104 valence electrons. The lowest BCUT2D eigenvalue weighted by molar-refractivity contribution is 0.368. The van der Waals surface area contributed by atoms with Gasteiger partial charge in [0.2, 0.25) is 0 Å². The van der Waals surface area contributed by atoms with E-state index in [0.717, 1.165) is 5.75 Å². The number of nitrogens with one attached hydrogen (secondary N) is 1. The van der Waals surface area contributed by atoms with Gasteiger partial charge in [-0.2, -0.15) is 17.0 Å². The first kappa shape index (κ1) is 15.9. The molecular formula is C15H22N2OS. The van der Waals surface area contributed by atoms with Crippen LogP contribution >= 0.6 is 11.8 Å². The molecule has 1 aromatic carbocycles. The van der Waals surface area contributed by atoms with E-state index in [-0.39, 0.29) is 6.61 Å². The first-order valence-electron chi connectivity index (χ1n) is 6.52. The molecular weight excluding hydrogens is 256 g/mol. The summed E-state index contributed by atoms with van der Waals surface area (Å²) in [6.45, 7) is 4.48. The lowest BCUT2D eigenvalue weighted by Gasteiger charge is -2.20. The van der Waals surface area contributed by atoms with Crippen molar-refractivity contribution >= 4 is 11.8 Å². The fourth-order valence-corrected chi connectivity index (χ4v) is 2.46. The van der Waals surface area contributed by atoms with Crippen molar-refractivity contribution in [3.8, 4) is 11.8 Å². The second kappa shape index (κ2) is 8.84. The van der Waals surface area contributed by atoms with Crippen LogP contribution < -0.4 is 10.1 Å². The molecule has 0 spiro atoms. The molecule has 0 bridgehead atoms. The van der Waals surface area contributed by atoms with E-state index in [1.807, 2.05) is 42.1 Å². The van der Waals surface area contributed by atoms with Crippen LogP contribution in [0, 0.1) is 11.3 Å². The topological polar surface area (TPSA) is 45.0 Å². The van der Waals surface area contributed by atoms with Crippen LogP contribution in [-0.2, 0) is 0 Å². The number of ether oxygens (including phenoxy) is 1. The van der Waals surface area contributed by atoms with Gasteiger partial charge in [0.25, 0.3) is 0 Å². The molecule has 4 heteroatoms. The third-order valence-electron chi connectivity index (χ3n) is 2.97. The zero-order valence-electron chi connectivity index (χ0n) is 11.8. The minimum atomic E-state index is 0.0961. The number of nitriles is 1. The quantitative estimate of drug-likeness (QED) is 0.792. The molecule has 1 rings (SSSR count). The van der Waals surface area contributed by atoms with Crippen molar-refractivity contribution in [2.45, 2.75) is 32.4 Å². The van der Waals surface area contributed by atoms with Crippen molar-refractivity contribution in [2.75, 3.05) is 18.6 Å². The Hall–Kier alpha value is -1.18. The van der Waals surface area contributed by atoms with Gasteiger partial charge in [0.15, 0.2) is 6.61 Å². The summed E-state index contributed by atoms with van der Waals surface area (Å²) in [5.74, 6) is 1.93. The molecule has 0 radical (unpaired) electrons. The maximum absolute atomic E-state index is 8.45. The largest absolute Gasteiger partial charge is 0.479 e. The summed E-state index contributed by atoms with van der Waals surface area (Å²) in [6.07, 6.45) is 3.31. The van der Waals surface area contributed by atoms with Crippen molar-refractivity contribution in [3.63, 3.8) is 0 Å². The number of thioether (sulfide) groups is 1. The number of hydrogen-bond acceptors (Lipinski definition) is 4. The van der Waals surface area contributed by atoms with E-state index in [1.165, 1.54) is 17.7 Å². The van der Waals surface area contributed by atoms with Gasteiger partial charge in [0.05, 0.1) is 0 Å². The Bertz CT molecular complexity index is 400. The van der Waals surface area contributed by atoms with Crippen molar-refractivity contribution < 1.29 is 4.74 Å². The fraction of sp³-hybridized carbons (Fsp3) is 0.533. The van der Waals surface area contributed by atoms with Gasteiger partial charge < -0.3 is 10.1 Å². The van der Waals surface area contributed by atoms with Crippen LogP contribution in [0.2, 0.25) is 0 Å². The average Bonchev–Trinajstić information content (AvgIpc) is 2.43. The predicted molar refractivity (Wildman–Crippen MR) is 81.6 cm³/mol. The van der Waals surface area contributed by atoms with Crippen LogP contribution in [0.4, 0.5) is 0 Å². The van der Waals surface area contributed by atoms with Crippen LogP contribution in [-0.4, -0.2) is 24.7 Å². The standard InChI is InChI=1S/C15H22N2OS/c1-12(8-11-19-3)17-13(2)14-4-6-15(7-5-14)18-10-9-16/h4-7,12-13,17H,8,10-11H2,1-3H3. The van der Waals surface area contributed by atoms with Gasteiger partial charge in [-0.3, -0.25) is 0 Å². The lowest BCUT2D eigenvalue weighted by Crippen LogP contribution is -2.29. The summed E-state index contributed by atoms with van der Waals surface area (Å²) in [6, 6.07) is 10.7. The Kier molecular flexibility index (Phi) is 7.39. The molecule has 0 heterocycles. The Morgan fingerprint density at radius 1 is 1.32 bits per heavy atom. The minimum absolute atomic E-state index is 0.0961. The molecule has 0 fully saturated rings. The third-order valence-corrected chi connectivity index (χ3v) is 3.62. The van der Waals surface area contributed by atoms with Crippen molar-refractivity contribution in [1.29, 1.82) is 5.26 Å². The van der Waals surface area contributed by atoms with Crippen molar-refractivity contribution in [2.24, 2.45) is 0 Å². The molecule has 3 nitrogen and oxygen atoms in total. The van der Waals surface area contributed by atoms with Gasteiger partial charge in [-0.25, -0.2) is 0 Å². The SMILES string of the molecule is CSCCC(C)NC(C)c1ccc(OCC#N)cc1. The van der Waals surface area contributed by atoms with Gasteiger partial charge in [0.1, 0.15) is 11.8 Å². The third kappa shape index (κ3) is 6.00. The van der Waals surface area contributed by atoms with Crippen LogP contribution in [0.15, 0.2) is 24.3 Å². The van der Waals surface area contributed by atoms with Crippen LogP contribution in [0.1, 0.15) is 31.9 Å². The smallest absolute Gasteiger partial charge is 0.174 e. The van der Waals surface area contributed by atoms with Gasteiger partial charge >= 0.3 is 0 Å². The van der Waals surface area contributed by atoms with Crippen LogP contribution in [0.3, 0.4) is 0 Å². The number of hydrogen-bond donors (Lipinski definition) is 1. The summed E-state index contributed by atoms with van der Waals surface area (Å²) in [5.41, 5.74) is 1.24. The average molecular weight is 278 g/mol. The summed E-state index contributed by atoms with van der Waals surface area (Å²) in [5, 5.41) is 12.0. The highest BCUT2D eigenvalue weighted by atomic mass is 32.2. The molecule has 1 aromatic rings. The van der Waals surface area contributed by atoms with Crippen molar-refractivity contribution in [1.82, 2.24) is 5.32 Å². The highest BCUT2D eigenvalue weighted by Gasteiger charge is 2.09. The Morgan fingerprint density at radius 2 is 2.00 bits per heavy atom. The second-order valence-corrected chi connectivity index (χ2v) is 5.57. The molecule has 19 heavy (non-hydrogen) atoms. The minimum Gasteiger partial charge on any atom is -0.479 e. The first-order valence-corrected chi connectivity index (χ1v) is 7.91. The monoisotopic (exact) mass is 278 g/mol. The maximum atomic E-state index is 8.45. The Balaban J connectivity index is 2.48.